The zero-order valence-electron chi connectivity index (χ0n) is 9.95. The SMILES string of the molecule is NC1(O)C=C(N=Nc2cc(F)c(F)c(F)c2F)C=CC1. The molecule has 1 unspecified atom stereocenters. The Morgan fingerprint density at radius 3 is 2.45 bits per heavy atom. The molecule has 0 amide bonds. The van der Waals surface area contributed by atoms with E-state index in [0.29, 0.717) is 6.07 Å². The molecule has 3 N–H and O–H groups in total. The Morgan fingerprint density at radius 1 is 1.10 bits per heavy atom. The molecule has 0 radical (unpaired) electrons. The van der Waals surface area contributed by atoms with Gasteiger partial charge in [-0.05, 0) is 12.2 Å². The van der Waals surface area contributed by atoms with Crippen LogP contribution in [0.15, 0.2) is 40.2 Å². The normalized spacial score (nSPS) is 22.4. The number of nitrogens with two attached hydrogens (primary N) is 1. The highest BCUT2D eigenvalue weighted by molar-refractivity contribution is 5.40. The van der Waals surface area contributed by atoms with Crippen molar-refractivity contribution in [3.8, 4) is 0 Å². The molecule has 8 heteroatoms. The minimum atomic E-state index is -1.97. The molecule has 1 atom stereocenters. The minimum absolute atomic E-state index is 0.0748. The highest BCUT2D eigenvalue weighted by atomic mass is 19.2. The molecule has 0 bridgehead atoms. The van der Waals surface area contributed by atoms with E-state index in [1.54, 1.807) is 0 Å². The zero-order valence-corrected chi connectivity index (χ0v) is 9.95. The van der Waals surface area contributed by atoms with Crippen molar-refractivity contribution in [3.05, 3.63) is 53.3 Å². The lowest BCUT2D eigenvalue weighted by molar-refractivity contribution is 0.0995. The van der Waals surface area contributed by atoms with Gasteiger partial charge in [-0.15, -0.1) is 5.11 Å². The summed E-state index contributed by atoms with van der Waals surface area (Å²) in [5.74, 6) is -7.13. The van der Waals surface area contributed by atoms with Crippen LogP contribution in [0.4, 0.5) is 23.2 Å². The fourth-order valence-corrected chi connectivity index (χ4v) is 1.54. The quantitative estimate of drug-likeness (QED) is 0.289. The van der Waals surface area contributed by atoms with Crippen LogP contribution in [0.2, 0.25) is 0 Å². The average Bonchev–Trinajstić information content (AvgIpc) is 2.38. The molecule has 0 heterocycles. The molecule has 0 aliphatic heterocycles. The zero-order chi connectivity index (χ0) is 14.9. The molecule has 1 aromatic rings. The van der Waals surface area contributed by atoms with Gasteiger partial charge in [-0.2, -0.15) is 5.11 Å². The fourth-order valence-electron chi connectivity index (χ4n) is 1.54. The van der Waals surface area contributed by atoms with Gasteiger partial charge in [0.2, 0.25) is 0 Å². The minimum Gasteiger partial charge on any atom is -0.372 e. The molecular formula is C12H9F4N3O. The summed E-state index contributed by atoms with van der Waals surface area (Å²) in [6.45, 7) is 0. The van der Waals surface area contributed by atoms with E-state index in [9.17, 15) is 22.7 Å². The van der Waals surface area contributed by atoms with Gasteiger partial charge in [0.25, 0.3) is 0 Å². The summed E-state index contributed by atoms with van der Waals surface area (Å²) >= 11 is 0. The van der Waals surface area contributed by atoms with Crippen LogP contribution in [0.1, 0.15) is 6.42 Å². The van der Waals surface area contributed by atoms with Crippen LogP contribution in [0, 0.1) is 23.3 Å². The summed E-state index contributed by atoms with van der Waals surface area (Å²) < 4.78 is 51.9. The fraction of sp³-hybridized carbons (Fsp3) is 0.167. The first-order chi connectivity index (χ1) is 9.30. The van der Waals surface area contributed by atoms with E-state index < -0.39 is 34.7 Å². The maximum Gasteiger partial charge on any atom is 0.199 e. The Labute approximate surface area is 110 Å². The number of nitrogens with zero attached hydrogens (tertiary/aromatic N) is 2. The predicted octanol–water partition coefficient (Wildman–Crippen LogP) is 2.82. The van der Waals surface area contributed by atoms with E-state index in [1.165, 1.54) is 12.2 Å². The molecule has 0 saturated heterocycles. The monoisotopic (exact) mass is 287 g/mol. The van der Waals surface area contributed by atoms with E-state index in [0.717, 1.165) is 6.08 Å². The van der Waals surface area contributed by atoms with E-state index in [-0.39, 0.29) is 12.1 Å². The van der Waals surface area contributed by atoms with E-state index in [4.69, 9.17) is 5.73 Å². The number of allylic oxidation sites excluding steroid dienone is 1. The van der Waals surface area contributed by atoms with Gasteiger partial charge >= 0.3 is 0 Å². The third-order valence-electron chi connectivity index (χ3n) is 2.49. The standard InChI is InChI=1S/C12H9F4N3O/c13-7-4-8(10(15)11(16)9(7)14)19-18-6-2-1-3-12(17,20)5-6/h1-2,4-5,20H,3,17H2. The maximum atomic E-state index is 13.3. The Balaban J connectivity index is 2.34. The summed E-state index contributed by atoms with van der Waals surface area (Å²) in [6.07, 6.45) is 4.22. The molecule has 1 aliphatic carbocycles. The van der Waals surface area contributed by atoms with Crippen LogP contribution in [-0.2, 0) is 0 Å². The molecule has 0 aromatic heterocycles. The third kappa shape index (κ3) is 2.91. The van der Waals surface area contributed by atoms with Crippen molar-refractivity contribution in [1.82, 2.24) is 0 Å². The van der Waals surface area contributed by atoms with E-state index in [2.05, 4.69) is 10.2 Å². The number of benzene rings is 1. The summed E-state index contributed by atoms with van der Waals surface area (Å²) in [4.78, 5) is 0. The van der Waals surface area contributed by atoms with Crippen molar-refractivity contribution in [2.75, 3.05) is 0 Å². The second kappa shape index (κ2) is 5.14. The van der Waals surface area contributed by atoms with Gasteiger partial charge in [0.05, 0.1) is 5.70 Å². The summed E-state index contributed by atoms with van der Waals surface area (Å²) in [5.41, 5.74) is 3.06. The van der Waals surface area contributed by atoms with Crippen molar-refractivity contribution in [1.29, 1.82) is 0 Å². The largest absolute Gasteiger partial charge is 0.372 e. The third-order valence-corrected chi connectivity index (χ3v) is 2.49. The average molecular weight is 287 g/mol. The molecule has 0 fully saturated rings. The van der Waals surface area contributed by atoms with Crippen LogP contribution in [-0.4, -0.2) is 10.8 Å². The van der Waals surface area contributed by atoms with Crippen molar-refractivity contribution in [2.45, 2.75) is 12.1 Å². The Hall–Kier alpha value is -2.06. The lowest BCUT2D eigenvalue weighted by Gasteiger charge is -2.19. The number of hydrogen-bond donors (Lipinski definition) is 2. The van der Waals surface area contributed by atoms with Crippen molar-refractivity contribution in [2.24, 2.45) is 16.0 Å². The molecule has 1 aromatic carbocycles. The predicted molar refractivity (Wildman–Crippen MR) is 61.8 cm³/mol. The van der Waals surface area contributed by atoms with Crippen LogP contribution in [0.5, 0.6) is 0 Å². The number of rotatable bonds is 2. The lowest BCUT2D eigenvalue weighted by Crippen LogP contribution is -2.37. The van der Waals surface area contributed by atoms with Gasteiger partial charge in [-0.1, -0.05) is 6.08 Å². The first-order valence-electron chi connectivity index (χ1n) is 5.45. The van der Waals surface area contributed by atoms with Gasteiger partial charge in [0.1, 0.15) is 11.4 Å². The Bertz CT molecular complexity index is 638. The first-order valence-corrected chi connectivity index (χ1v) is 5.45. The van der Waals surface area contributed by atoms with Crippen molar-refractivity contribution >= 4 is 5.69 Å². The van der Waals surface area contributed by atoms with Crippen LogP contribution in [0.3, 0.4) is 0 Å². The molecule has 2 rings (SSSR count). The van der Waals surface area contributed by atoms with Gasteiger partial charge in [0, 0.05) is 12.5 Å². The van der Waals surface area contributed by atoms with Gasteiger partial charge < -0.3 is 5.11 Å². The highest BCUT2D eigenvalue weighted by Crippen LogP contribution is 2.26. The number of hydrogen-bond acceptors (Lipinski definition) is 4. The molecule has 0 spiro atoms. The van der Waals surface area contributed by atoms with Gasteiger partial charge in [-0.3, -0.25) is 5.73 Å². The summed E-state index contributed by atoms with van der Waals surface area (Å²) in [7, 11) is 0. The first kappa shape index (κ1) is 14.4. The molecular weight excluding hydrogens is 278 g/mol. The summed E-state index contributed by atoms with van der Waals surface area (Å²) in [6, 6.07) is 0.374. The molecule has 20 heavy (non-hydrogen) atoms. The van der Waals surface area contributed by atoms with E-state index in [1.807, 2.05) is 0 Å². The molecule has 106 valence electrons. The van der Waals surface area contributed by atoms with Crippen molar-refractivity contribution < 1.29 is 22.7 Å². The Morgan fingerprint density at radius 2 is 1.80 bits per heavy atom. The number of azo groups is 1. The second-order valence-corrected chi connectivity index (χ2v) is 4.19. The smallest absolute Gasteiger partial charge is 0.199 e. The van der Waals surface area contributed by atoms with Crippen molar-refractivity contribution in [3.63, 3.8) is 0 Å². The topological polar surface area (TPSA) is 71.0 Å². The molecule has 1 aliphatic rings. The summed E-state index contributed by atoms with van der Waals surface area (Å²) in [5, 5.41) is 16.3. The van der Waals surface area contributed by atoms with Crippen LogP contribution in [0.25, 0.3) is 0 Å². The lowest BCUT2D eigenvalue weighted by atomic mass is 10.0. The Kier molecular flexibility index (Phi) is 3.69. The van der Waals surface area contributed by atoms with E-state index >= 15 is 0 Å². The van der Waals surface area contributed by atoms with Gasteiger partial charge in [-0.25, -0.2) is 17.6 Å². The molecule has 0 saturated carbocycles. The highest BCUT2D eigenvalue weighted by Gasteiger charge is 2.21. The number of halogens is 4. The maximum absolute atomic E-state index is 13.3. The molecule has 4 nitrogen and oxygen atoms in total. The van der Waals surface area contributed by atoms with Gasteiger partial charge in [0.15, 0.2) is 23.3 Å². The second-order valence-electron chi connectivity index (χ2n) is 4.19. The number of aliphatic hydroxyl groups is 1. The van der Waals surface area contributed by atoms with Crippen LogP contribution >= 0.6 is 0 Å². The van der Waals surface area contributed by atoms with Crippen LogP contribution < -0.4 is 5.73 Å².